The van der Waals surface area contributed by atoms with Crippen LogP contribution in [0, 0.1) is 0 Å². The first-order valence-electron chi connectivity index (χ1n) is 8.64. The van der Waals surface area contributed by atoms with Crippen molar-refractivity contribution in [3.63, 3.8) is 0 Å². The van der Waals surface area contributed by atoms with Crippen molar-refractivity contribution in [2.24, 2.45) is 0 Å². The van der Waals surface area contributed by atoms with Crippen LogP contribution in [0.15, 0.2) is 54.6 Å². The summed E-state index contributed by atoms with van der Waals surface area (Å²) in [6, 6.07) is 18.4. The fraction of sp³-hybridized carbons (Fsp3) is 0.400. The lowest BCUT2D eigenvalue weighted by molar-refractivity contribution is 0.0496. The average Bonchev–Trinajstić information content (AvgIpc) is 2.60. The van der Waals surface area contributed by atoms with Gasteiger partial charge >= 0.3 is 0 Å². The molecule has 1 atom stereocenters. The van der Waals surface area contributed by atoms with Crippen LogP contribution in [0.4, 0.5) is 0 Å². The lowest BCUT2D eigenvalue weighted by atomic mass is 10.1. The summed E-state index contributed by atoms with van der Waals surface area (Å²) in [5.41, 5.74) is 2.28. The molecule has 2 aromatic rings. The van der Waals surface area contributed by atoms with E-state index in [0.29, 0.717) is 11.8 Å². The Hall–Kier alpha value is -1.88. The molecule has 0 spiro atoms. The molecule has 0 saturated carbocycles. The predicted molar refractivity (Wildman–Crippen MR) is 95.7 cm³/mol. The molecule has 0 amide bonds. The van der Waals surface area contributed by atoms with E-state index in [1.807, 2.05) is 24.3 Å². The molecule has 0 unspecified atom stereocenters. The van der Waals surface area contributed by atoms with Gasteiger partial charge in [-0.05, 0) is 18.1 Å². The molecular weight excluding hydrogens is 300 g/mol. The Kier molecular flexibility index (Phi) is 5.86. The highest BCUT2D eigenvalue weighted by Crippen LogP contribution is 2.22. The number of aliphatic hydroxyl groups is 1. The summed E-state index contributed by atoms with van der Waals surface area (Å²) < 4.78 is 0. The van der Waals surface area contributed by atoms with Crippen LogP contribution >= 0.6 is 0 Å². The van der Waals surface area contributed by atoms with E-state index in [1.54, 1.807) is 6.07 Å². The van der Waals surface area contributed by atoms with Gasteiger partial charge in [0.2, 0.25) is 0 Å². The van der Waals surface area contributed by atoms with Crippen molar-refractivity contribution in [3.05, 3.63) is 65.7 Å². The number of nitrogens with zero attached hydrogens (tertiary/aromatic N) is 2. The van der Waals surface area contributed by atoms with Crippen molar-refractivity contribution < 1.29 is 10.2 Å². The molecule has 0 aliphatic carbocycles. The lowest BCUT2D eigenvalue weighted by Gasteiger charge is -2.41. The second-order valence-corrected chi connectivity index (χ2v) is 6.49. The molecule has 1 saturated heterocycles. The van der Waals surface area contributed by atoms with Gasteiger partial charge in [0.05, 0.1) is 0 Å². The minimum atomic E-state index is 0.209. The van der Waals surface area contributed by atoms with Gasteiger partial charge in [0.25, 0.3) is 0 Å². The zero-order chi connectivity index (χ0) is 16.8. The third-order valence-corrected chi connectivity index (χ3v) is 4.77. The summed E-state index contributed by atoms with van der Waals surface area (Å²) in [4.78, 5) is 4.84. The zero-order valence-electron chi connectivity index (χ0n) is 14.0. The third kappa shape index (κ3) is 4.35. The molecule has 1 aliphatic rings. The average molecular weight is 326 g/mol. The van der Waals surface area contributed by atoms with E-state index in [0.717, 1.165) is 44.7 Å². The molecule has 2 N–H and O–H groups in total. The van der Waals surface area contributed by atoms with Gasteiger partial charge < -0.3 is 10.2 Å². The molecule has 2 aromatic carbocycles. The van der Waals surface area contributed by atoms with Crippen molar-refractivity contribution >= 4 is 0 Å². The number of piperazine rings is 1. The summed E-state index contributed by atoms with van der Waals surface area (Å²) in [5.74, 6) is 0.364. The number of phenols is 1. The summed E-state index contributed by atoms with van der Waals surface area (Å²) in [5, 5.41) is 19.4. The van der Waals surface area contributed by atoms with Crippen LogP contribution < -0.4 is 0 Å². The van der Waals surface area contributed by atoms with Gasteiger partial charge in [-0.15, -0.1) is 0 Å². The Bertz CT molecular complexity index is 633. The van der Waals surface area contributed by atoms with E-state index in [9.17, 15) is 10.2 Å². The number of aliphatic hydroxyl groups excluding tert-OH is 1. The Morgan fingerprint density at radius 3 is 2.42 bits per heavy atom. The molecule has 1 fully saturated rings. The van der Waals surface area contributed by atoms with Crippen molar-refractivity contribution in [2.75, 3.05) is 26.2 Å². The van der Waals surface area contributed by atoms with E-state index in [1.165, 1.54) is 5.56 Å². The molecule has 4 heteroatoms. The summed E-state index contributed by atoms with van der Waals surface area (Å²) in [6.45, 7) is 4.77. The highest BCUT2D eigenvalue weighted by Gasteiger charge is 2.26. The molecule has 3 rings (SSSR count). The maximum absolute atomic E-state index is 9.98. The number of hydrogen-bond donors (Lipinski definition) is 2. The first kappa shape index (κ1) is 17.0. The number of phenolic OH excluding ortho intramolecular Hbond substituents is 1. The number of hydrogen-bond acceptors (Lipinski definition) is 4. The van der Waals surface area contributed by atoms with E-state index >= 15 is 0 Å². The highest BCUT2D eigenvalue weighted by molar-refractivity contribution is 5.31. The number of rotatable bonds is 6. The van der Waals surface area contributed by atoms with Crippen molar-refractivity contribution in [1.29, 1.82) is 0 Å². The maximum atomic E-state index is 9.98. The molecule has 0 radical (unpaired) electrons. The second kappa shape index (κ2) is 8.29. The second-order valence-electron chi connectivity index (χ2n) is 6.49. The van der Waals surface area contributed by atoms with Gasteiger partial charge in [0, 0.05) is 50.9 Å². The van der Waals surface area contributed by atoms with Crippen molar-refractivity contribution in [1.82, 2.24) is 9.80 Å². The first-order valence-corrected chi connectivity index (χ1v) is 8.64. The maximum Gasteiger partial charge on any atom is 0.120 e. The predicted octanol–water partition coefficient (Wildman–Crippen LogP) is 2.46. The van der Waals surface area contributed by atoms with Crippen LogP contribution in [-0.4, -0.2) is 52.3 Å². The molecule has 0 bridgehead atoms. The zero-order valence-corrected chi connectivity index (χ0v) is 14.0. The topological polar surface area (TPSA) is 46.9 Å². The molecule has 4 nitrogen and oxygen atoms in total. The molecule has 24 heavy (non-hydrogen) atoms. The Balaban J connectivity index is 1.63. The van der Waals surface area contributed by atoms with E-state index in [4.69, 9.17) is 0 Å². The van der Waals surface area contributed by atoms with E-state index in [-0.39, 0.29) is 6.61 Å². The van der Waals surface area contributed by atoms with Gasteiger partial charge in [-0.2, -0.15) is 0 Å². The summed E-state index contributed by atoms with van der Waals surface area (Å²) in [6.07, 6.45) is 0.782. The van der Waals surface area contributed by atoms with E-state index < -0.39 is 0 Å². The molecule has 1 heterocycles. The standard InChI is InChI=1S/C20H26N2O2/c23-13-10-19-16-21(15-18-8-4-5-9-20(18)24)11-12-22(19)14-17-6-2-1-3-7-17/h1-9,19,23-24H,10-16H2/t19-/m0/s1. The molecule has 128 valence electrons. The number of para-hydroxylation sites is 1. The fourth-order valence-corrected chi connectivity index (χ4v) is 3.44. The Morgan fingerprint density at radius 1 is 0.917 bits per heavy atom. The Morgan fingerprint density at radius 2 is 1.67 bits per heavy atom. The van der Waals surface area contributed by atoms with Gasteiger partial charge in [-0.3, -0.25) is 9.80 Å². The van der Waals surface area contributed by atoms with Crippen LogP contribution in [-0.2, 0) is 13.1 Å². The minimum Gasteiger partial charge on any atom is -0.508 e. The van der Waals surface area contributed by atoms with Gasteiger partial charge in [0.15, 0.2) is 0 Å². The molecular formula is C20H26N2O2. The first-order chi connectivity index (χ1) is 11.8. The van der Waals surface area contributed by atoms with Crippen LogP contribution in [0.2, 0.25) is 0 Å². The third-order valence-electron chi connectivity index (χ3n) is 4.77. The van der Waals surface area contributed by atoms with Crippen LogP contribution in [0.1, 0.15) is 17.5 Å². The summed E-state index contributed by atoms with van der Waals surface area (Å²) >= 11 is 0. The smallest absolute Gasteiger partial charge is 0.120 e. The quantitative estimate of drug-likeness (QED) is 0.856. The van der Waals surface area contributed by atoms with Gasteiger partial charge in [0.1, 0.15) is 5.75 Å². The molecule has 0 aromatic heterocycles. The lowest BCUT2D eigenvalue weighted by Crippen LogP contribution is -2.52. The minimum absolute atomic E-state index is 0.209. The van der Waals surface area contributed by atoms with Gasteiger partial charge in [-0.1, -0.05) is 48.5 Å². The van der Waals surface area contributed by atoms with Crippen LogP contribution in [0.25, 0.3) is 0 Å². The normalized spacial score (nSPS) is 19.5. The largest absolute Gasteiger partial charge is 0.508 e. The van der Waals surface area contributed by atoms with Gasteiger partial charge in [-0.25, -0.2) is 0 Å². The fourth-order valence-electron chi connectivity index (χ4n) is 3.44. The summed E-state index contributed by atoms with van der Waals surface area (Å²) in [7, 11) is 0. The highest BCUT2D eigenvalue weighted by atomic mass is 16.3. The van der Waals surface area contributed by atoms with E-state index in [2.05, 4.69) is 34.1 Å². The SMILES string of the molecule is OCC[C@H]1CN(Cc2ccccc2O)CCN1Cc1ccccc1. The van der Waals surface area contributed by atoms with Crippen LogP contribution in [0.3, 0.4) is 0 Å². The molecule has 1 aliphatic heterocycles. The van der Waals surface area contributed by atoms with Crippen LogP contribution in [0.5, 0.6) is 5.75 Å². The monoisotopic (exact) mass is 326 g/mol. The number of benzene rings is 2. The van der Waals surface area contributed by atoms with Crippen molar-refractivity contribution in [2.45, 2.75) is 25.6 Å². The number of aromatic hydroxyl groups is 1. The van der Waals surface area contributed by atoms with Crippen molar-refractivity contribution in [3.8, 4) is 5.75 Å². The Labute approximate surface area is 144 Å².